The highest BCUT2D eigenvalue weighted by atomic mass is 35.5. The minimum atomic E-state index is -0.597. The fourth-order valence-electron chi connectivity index (χ4n) is 4.80. The Hall–Kier alpha value is -2.84. The largest absolute Gasteiger partial charge is 0.484 e. The third-order valence-corrected chi connectivity index (χ3v) is 6.88. The lowest BCUT2D eigenvalue weighted by Gasteiger charge is -2.51. The van der Waals surface area contributed by atoms with Crippen molar-refractivity contribution in [1.29, 1.82) is 0 Å². The molecule has 9 heteroatoms. The summed E-state index contributed by atoms with van der Waals surface area (Å²) in [6, 6.07) is 10.9. The van der Waals surface area contributed by atoms with Gasteiger partial charge in [-0.05, 0) is 49.3 Å². The normalized spacial score (nSPS) is 27.5. The van der Waals surface area contributed by atoms with E-state index in [-0.39, 0.29) is 41.3 Å². The van der Waals surface area contributed by atoms with E-state index in [1.807, 2.05) is 24.3 Å². The van der Waals surface area contributed by atoms with Crippen molar-refractivity contribution in [1.82, 2.24) is 16.1 Å². The van der Waals surface area contributed by atoms with Crippen LogP contribution in [0.25, 0.3) is 0 Å². The summed E-state index contributed by atoms with van der Waals surface area (Å²) in [5, 5.41) is 6.16. The Morgan fingerprint density at radius 1 is 1.09 bits per heavy atom. The summed E-state index contributed by atoms with van der Waals surface area (Å²) in [6.07, 6.45) is 2.59. The van der Waals surface area contributed by atoms with Gasteiger partial charge in [-0.3, -0.25) is 9.59 Å². The van der Waals surface area contributed by atoms with Crippen LogP contribution in [0.1, 0.15) is 30.9 Å². The van der Waals surface area contributed by atoms with Gasteiger partial charge in [-0.15, -0.1) is 5.48 Å². The quantitative estimate of drug-likeness (QED) is 0.618. The molecule has 168 valence electrons. The van der Waals surface area contributed by atoms with Crippen LogP contribution in [0.15, 0.2) is 42.5 Å². The van der Waals surface area contributed by atoms with Crippen LogP contribution in [0, 0.1) is 17.7 Å². The predicted molar refractivity (Wildman–Crippen MR) is 115 cm³/mol. The lowest BCUT2D eigenvalue weighted by molar-refractivity contribution is -0.128. The molecule has 6 rings (SSSR count). The molecule has 3 saturated carbocycles. The predicted octanol–water partition coefficient (Wildman–Crippen LogP) is 2.90. The van der Waals surface area contributed by atoms with E-state index in [0.29, 0.717) is 24.0 Å². The van der Waals surface area contributed by atoms with E-state index in [2.05, 4.69) is 16.1 Å². The number of hydroxylamine groups is 1. The fraction of sp³-hybridized carbons (Fsp3) is 0.391. The second-order valence-electron chi connectivity index (χ2n) is 8.57. The summed E-state index contributed by atoms with van der Waals surface area (Å²) in [4.78, 5) is 30.7. The van der Waals surface area contributed by atoms with Crippen LogP contribution in [0.2, 0.25) is 5.02 Å². The van der Waals surface area contributed by atoms with Crippen LogP contribution in [0.5, 0.6) is 11.5 Å². The van der Waals surface area contributed by atoms with E-state index in [1.165, 1.54) is 12.1 Å². The lowest BCUT2D eigenvalue weighted by Crippen LogP contribution is -2.60. The number of nitrogens with one attached hydrogen (secondary N) is 3. The van der Waals surface area contributed by atoms with Gasteiger partial charge in [0.25, 0.3) is 5.91 Å². The Morgan fingerprint density at radius 3 is 2.62 bits per heavy atom. The molecule has 4 aliphatic rings. The van der Waals surface area contributed by atoms with E-state index in [1.54, 1.807) is 0 Å². The molecule has 2 amide bonds. The molecule has 0 radical (unpaired) electrons. The number of amides is 2. The van der Waals surface area contributed by atoms with Gasteiger partial charge in [0.15, 0.2) is 12.4 Å². The number of hydrogen-bond donors (Lipinski definition) is 3. The number of hydrogen-bond acceptors (Lipinski definition) is 5. The molecule has 3 aliphatic carbocycles. The molecule has 3 N–H and O–H groups in total. The molecule has 0 saturated heterocycles. The number of carbonyl (C=O) groups excluding carboxylic acids is 2. The van der Waals surface area contributed by atoms with Gasteiger partial charge in [-0.1, -0.05) is 29.8 Å². The molecule has 1 heterocycles. The first-order valence-corrected chi connectivity index (χ1v) is 11.0. The molecule has 7 nitrogen and oxygen atoms in total. The molecular weight excluding hydrogens is 437 g/mol. The molecule has 2 aromatic carbocycles. The highest BCUT2D eigenvalue weighted by Gasteiger charge is 2.47. The number of rotatable bonds is 6. The number of fused-ring (bicyclic) bond motifs is 3. The number of para-hydroxylation sites is 1. The fourth-order valence-corrected chi connectivity index (χ4v) is 4.92. The molecule has 32 heavy (non-hydrogen) atoms. The van der Waals surface area contributed by atoms with Gasteiger partial charge in [0.1, 0.15) is 17.6 Å². The Morgan fingerprint density at radius 2 is 1.84 bits per heavy atom. The molecule has 2 aromatic rings. The maximum atomic E-state index is 13.5. The van der Waals surface area contributed by atoms with E-state index in [9.17, 15) is 14.0 Å². The topological polar surface area (TPSA) is 88.7 Å². The SMILES string of the molecule is O=C(COc1ccc(Cl)c(F)c1)N[C@@H]1C[C@H](NC(=O)C2NOc3ccccc32)C2CC1C2. The number of benzene rings is 2. The molecule has 2 bridgehead atoms. The average Bonchev–Trinajstić information content (AvgIpc) is 3.18. The van der Waals surface area contributed by atoms with Gasteiger partial charge >= 0.3 is 0 Å². The summed E-state index contributed by atoms with van der Waals surface area (Å²) in [6.45, 7) is -0.217. The lowest BCUT2D eigenvalue weighted by atomic mass is 9.60. The average molecular weight is 460 g/mol. The zero-order valence-corrected chi connectivity index (χ0v) is 17.9. The van der Waals surface area contributed by atoms with Crippen molar-refractivity contribution in [3.05, 3.63) is 58.9 Å². The van der Waals surface area contributed by atoms with Gasteiger partial charge in [-0.25, -0.2) is 4.39 Å². The Kier molecular flexibility index (Phi) is 5.65. The van der Waals surface area contributed by atoms with Crippen molar-refractivity contribution in [2.75, 3.05) is 6.61 Å². The van der Waals surface area contributed by atoms with Crippen molar-refractivity contribution >= 4 is 23.4 Å². The summed E-state index contributed by atoms with van der Waals surface area (Å²) < 4.78 is 18.9. The molecule has 0 spiro atoms. The van der Waals surface area contributed by atoms with Crippen LogP contribution >= 0.6 is 11.6 Å². The van der Waals surface area contributed by atoms with Crippen LogP contribution in [0.3, 0.4) is 0 Å². The summed E-state index contributed by atoms with van der Waals surface area (Å²) in [7, 11) is 0. The summed E-state index contributed by atoms with van der Waals surface area (Å²) >= 11 is 5.66. The van der Waals surface area contributed by atoms with E-state index < -0.39 is 11.9 Å². The first kappa shape index (κ1) is 21.0. The Bertz CT molecular complexity index is 1050. The first-order valence-electron chi connectivity index (χ1n) is 10.7. The standard InChI is InChI=1S/C23H23ClFN3O4/c24-16-6-5-14(9-17(16)25)31-11-21(29)26-18-10-19(13-7-12(18)8-13)27-23(30)22-15-3-1-2-4-20(15)32-28-22/h1-6,9,12-13,18-19,22,28H,7-8,10-11H2,(H,26,29)(H,27,30)/t12?,13?,18-,19+,22?/m1/s1. The zero-order chi connectivity index (χ0) is 22.2. The van der Waals surface area contributed by atoms with Crippen LogP contribution in [-0.4, -0.2) is 30.5 Å². The van der Waals surface area contributed by atoms with Gasteiger partial charge < -0.3 is 20.2 Å². The van der Waals surface area contributed by atoms with E-state index in [4.69, 9.17) is 21.2 Å². The van der Waals surface area contributed by atoms with Gasteiger partial charge in [-0.2, -0.15) is 0 Å². The zero-order valence-electron chi connectivity index (χ0n) is 17.1. The molecule has 0 aromatic heterocycles. The van der Waals surface area contributed by atoms with Crippen LogP contribution in [-0.2, 0) is 9.59 Å². The summed E-state index contributed by atoms with van der Waals surface area (Å²) in [5.41, 5.74) is 3.60. The van der Waals surface area contributed by atoms with E-state index in [0.717, 1.165) is 24.5 Å². The molecule has 3 atom stereocenters. The number of carbonyl (C=O) groups is 2. The van der Waals surface area contributed by atoms with Crippen molar-refractivity contribution in [3.63, 3.8) is 0 Å². The smallest absolute Gasteiger partial charge is 0.258 e. The van der Waals surface area contributed by atoms with Crippen LogP contribution in [0.4, 0.5) is 4.39 Å². The third kappa shape index (κ3) is 4.12. The minimum Gasteiger partial charge on any atom is -0.484 e. The highest BCUT2D eigenvalue weighted by Crippen LogP contribution is 2.46. The maximum Gasteiger partial charge on any atom is 0.258 e. The Balaban J connectivity index is 1.14. The van der Waals surface area contributed by atoms with Gasteiger partial charge in [0.05, 0.1) is 5.02 Å². The van der Waals surface area contributed by atoms with Crippen LogP contribution < -0.4 is 25.7 Å². The maximum absolute atomic E-state index is 13.5. The molecule has 1 aliphatic heterocycles. The van der Waals surface area contributed by atoms with Gasteiger partial charge in [0, 0.05) is 23.7 Å². The van der Waals surface area contributed by atoms with E-state index >= 15 is 0 Å². The van der Waals surface area contributed by atoms with Crippen molar-refractivity contribution < 1.29 is 23.6 Å². The van der Waals surface area contributed by atoms with Gasteiger partial charge in [0.2, 0.25) is 5.91 Å². The first-order chi connectivity index (χ1) is 15.5. The molecule has 3 fully saturated rings. The second-order valence-corrected chi connectivity index (χ2v) is 8.98. The Labute approximate surface area is 189 Å². The second kappa shape index (κ2) is 8.60. The molecule has 1 unspecified atom stereocenters. The summed E-state index contributed by atoms with van der Waals surface area (Å²) in [5.74, 6) is 0.711. The van der Waals surface area contributed by atoms with Crippen molar-refractivity contribution in [2.45, 2.75) is 37.4 Å². The van der Waals surface area contributed by atoms with Crippen molar-refractivity contribution in [2.24, 2.45) is 11.8 Å². The highest BCUT2D eigenvalue weighted by molar-refractivity contribution is 6.30. The number of ether oxygens (including phenoxy) is 1. The van der Waals surface area contributed by atoms with Crippen molar-refractivity contribution in [3.8, 4) is 11.5 Å². The minimum absolute atomic E-state index is 0.000474. The monoisotopic (exact) mass is 459 g/mol. The molecular formula is C23H23ClFN3O4. The third-order valence-electron chi connectivity index (χ3n) is 6.57. The number of halogens is 2.